The monoisotopic (exact) mass is 265 g/mol. The molecule has 104 valence electrons. The number of aromatic nitrogens is 2. The molecular formula is C13H19N3O3. The van der Waals surface area contributed by atoms with E-state index in [0.717, 1.165) is 12.8 Å². The Hall–Kier alpha value is -1.85. The van der Waals surface area contributed by atoms with E-state index in [4.69, 9.17) is 0 Å². The average molecular weight is 265 g/mol. The van der Waals surface area contributed by atoms with E-state index in [2.05, 4.69) is 10.2 Å². The summed E-state index contributed by atoms with van der Waals surface area (Å²) in [6.07, 6.45) is 2.16. The Labute approximate surface area is 111 Å². The number of carboxylic acids is 1. The molecule has 6 nitrogen and oxygen atoms in total. The predicted molar refractivity (Wildman–Crippen MR) is 69.0 cm³/mol. The van der Waals surface area contributed by atoms with Gasteiger partial charge in [-0.2, -0.15) is 5.10 Å². The number of carboxylic acid groups (broad SMARTS) is 1. The highest BCUT2D eigenvalue weighted by Gasteiger charge is 2.44. The van der Waals surface area contributed by atoms with Crippen molar-refractivity contribution in [2.24, 2.45) is 0 Å². The standard InChI is InChI=1S/C13H19N3O3/c1-8-10(9(2)15-14-8)11(17)16-7-5-4-6-13(16,3)12(18)19/h4-7H2,1-3H3,(H,14,15)(H,18,19). The van der Waals surface area contributed by atoms with E-state index >= 15 is 0 Å². The molecule has 19 heavy (non-hydrogen) atoms. The molecule has 0 saturated carbocycles. The third-order valence-electron chi connectivity index (χ3n) is 3.94. The lowest BCUT2D eigenvalue weighted by Crippen LogP contribution is -2.57. The molecule has 1 aromatic rings. The Balaban J connectivity index is 2.39. The molecule has 1 atom stereocenters. The van der Waals surface area contributed by atoms with Crippen molar-refractivity contribution in [2.75, 3.05) is 6.54 Å². The van der Waals surface area contributed by atoms with Crippen molar-refractivity contribution >= 4 is 11.9 Å². The molecule has 0 radical (unpaired) electrons. The maximum atomic E-state index is 12.6. The minimum atomic E-state index is -1.12. The molecule has 2 heterocycles. The number of rotatable bonds is 2. The van der Waals surface area contributed by atoms with Gasteiger partial charge in [0.2, 0.25) is 0 Å². The summed E-state index contributed by atoms with van der Waals surface area (Å²) in [7, 11) is 0. The summed E-state index contributed by atoms with van der Waals surface area (Å²) >= 11 is 0. The van der Waals surface area contributed by atoms with Gasteiger partial charge in [-0.25, -0.2) is 4.79 Å². The van der Waals surface area contributed by atoms with Crippen LogP contribution in [0.4, 0.5) is 0 Å². The second-order valence-electron chi connectivity index (χ2n) is 5.30. The highest BCUT2D eigenvalue weighted by Crippen LogP contribution is 2.30. The van der Waals surface area contributed by atoms with Crippen molar-refractivity contribution in [3.63, 3.8) is 0 Å². The van der Waals surface area contributed by atoms with Crippen molar-refractivity contribution in [2.45, 2.75) is 45.6 Å². The predicted octanol–water partition coefficient (Wildman–Crippen LogP) is 1.50. The van der Waals surface area contributed by atoms with Gasteiger partial charge < -0.3 is 10.0 Å². The molecule has 1 aromatic heterocycles. The van der Waals surface area contributed by atoms with Crippen molar-refractivity contribution in [3.05, 3.63) is 17.0 Å². The molecule has 1 amide bonds. The van der Waals surface area contributed by atoms with Gasteiger partial charge in [0.1, 0.15) is 5.54 Å². The third kappa shape index (κ3) is 2.11. The number of carbonyl (C=O) groups is 2. The van der Waals surface area contributed by atoms with Crippen LogP contribution >= 0.6 is 0 Å². The maximum absolute atomic E-state index is 12.6. The molecule has 6 heteroatoms. The van der Waals surface area contributed by atoms with Gasteiger partial charge in [-0.1, -0.05) is 0 Å². The number of aromatic amines is 1. The Bertz CT molecular complexity index is 504. The first-order valence-corrected chi connectivity index (χ1v) is 6.45. The number of carbonyl (C=O) groups excluding carboxylic acids is 1. The van der Waals surface area contributed by atoms with Gasteiger partial charge in [0.15, 0.2) is 0 Å². The van der Waals surface area contributed by atoms with E-state index in [-0.39, 0.29) is 5.91 Å². The van der Waals surface area contributed by atoms with E-state index in [1.807, 2.05) is 0 Å². The number of nitrogens with one attached hydrogen (secondary N) is 1. The second-order valence-corrected chi connectivity index (χ2v) is 5.30. The lowest BCUT2D eigenvalue weighted by Gasteiger charge is -2.41. The summed E-state index contributed by atoms with van der Waals surface area (Å²) in [5, 5.41) is 16.2. The summed E-state index contributed by atoms with van der Waals surface area (Å²) in [4.78, 5) is 25.6. The Morgan fingerprint density at radius 3 is 2.58 bits per heavy atom. The van der Waals surface area contributed by atoms with Crippen LogP contribution in [0.15, 0.2) is 0 Å². The Morgan fingerprint density at radius 1 is 1.37 bits per heavy atom. The number of amides is 1. The minimum Gasteiger partial charge on any atom is -0.480 e. The van der Waals surface area contributed by atoms with Crippen molar-refractivity contribution < 1.29 is 14.7 Å². The van der Waals surface area contributed by atoms with E-state index in [9.17, 15) is 14.7 Å². The van der Waals surface area contributed by atoms with Crippen molar-refractivity contribution in [1.82, 2.24) is 15.1 Å². The minimum absolute atomic E-state index is 0.242. The van der Waals surface area contributed by atoms with Crippen LogP contribution in [-0.2, 0) is 4.79 Å². The van der Waals surface area contributed by atoms with Crippen molar-refractivity contribution in [1.29, 1.82) is 0 Å². The molecule has 1 unspecified atom stereocenters. The summed E-state index contributed by atoms with van der Waals surface area (Å²) in [6.45, 7) is 5.62. The van der Waals surface area contributed by atoms with E-state index < -0.39 is 11.5 Å². The van der Waals surface area contributed by atoms with Crippen LogP contribution in [0.3, 0.4) is 0 Å². The van der Waals surface area contributed by atoms with Crippen LogP contribution in [0.5, 0.6) is 0 Å². The molecule has 1 saturated heterocycles. The fourth-order valence-electron chi connectivity index (χ4n) is 2.67. The van der Waals surface area contributed by atoms with Gasteiger partial charge in [0.05, 0.1) is 11.3 Å². The van der Waals surface area contributed by atoms with Crippen LogP contribution in [0.25, 0.3) is 0 Å². The number of likely N-dealkylation sites (tertiary alicyclic amines) is 1. The Morgan fingerprint density at radius 2 is 2.05 bits per heavy atom. The summed E-state index contributed by atoms with van der Waals surface area (Å²) in [6, 6.07) is 0. The van der Waals surface area contributed by atoms with Crippen LogP contribution in [0.2, 0.25) is 0 Å². The molecule has 0 bridgehead atoms. The molecule has 0 spiro atoms. The van der Waals surface area contributed by atoms with E-state index in [1.165, 1.54) is 4.90 Å². The van der Waals surface area contributed by atoms with Gasteiger partial charge in [0.25, 0.3) is 5.91 Å². The van der Waals surface area contributed by atoms with Crippen LogP contribution in [-0.4, -0.2) is 44.2 Å². The largest absolute Gasteiger partial charge is 0.480 e. The van der Waals surface area contributed by atoms with Crippen LogP contribution in [0.1, 0.15) is 47.9 Å². The first kappa shape index (κ1) is 13.6. The number of hydrogen-bond acceptors (Lipinski definition) is 3. The lowest BCUT2D eigenvalue weighted by atomic mass is 9.87. The number of piperidine rings is 1. The first-order chi connectivity index (χ1) is 8.88. The SMILES string of the molecule is Cc1n[nH]c(C)c1C(=O)N1CCCCC1(C)C(=O)O. The van der Waals surface area contributed by atoms with Crippen LogP contribution < -0.4 is 0 Å². The van der Waals surface area contributed by atoms with Crippen molar-refractivity contribution in [3.8, 4) is 0 Å². The highest BCUT2D eigenvalue weighted by molar-refractivity contribution is 5.99. The number of hydrogen-bond donors (Lipinski definition) is 2. The molecule has 2 rings (SSSR count). The zero-order valence-corrected chi connectivity index (χ0v) is 11.5. The molecular weight excluding hydrogens is 246 g/mol. The highest BCUT2D eigenvalue weighted by atomic mass is 16.4. The quantitative estimate of drug-likeness (QED) is 0.848. The molecule has 1 aliphatic rings. The zero-order valence-electron chi connectivity index (χ0n) is 11.5. The summed E-state index contributed by atoms with van der Waals surface area (Å²) < 4.78 is 0. The molecule has 1 fully saturated rings. The van der Waals surface area contributed by atoms with Crippen LogP contribution in [0, 0.1) is 13.8 Å². The molecule has 0 aromatic carbocycles. The maximum Gasteiger partial charge on any atom is 0.329 e. The average Bonchev–Trinajstić information content (AvgIpc) is 2.68. The fourth-order valence-corrected chi connectivity index (χ4v) is 2.67. The summed E-state index contributed by atoms with van der Waals surface area (Å²) in [5.41, 5.74) is 0.668. The summed E-state index contributed by atoms with van der Waals surface area (Å²) in [5.74, 6) is -1.19. The topological polar surface area (TPSA) is 86.3 Å². The zero-order chi connectivity index (χ0) is 14.2. The lowest BCUT2D eigenvalue weighted by molar-refractivity contribution is -0.150. The smallest absolute Gasteiger partial charge is 0.329 e. The fraction of sp³-hybridized carbons (Fsp3) is 0.615. The number of H-pyrrole nitrogens is 1. The molecule has 2 N–H and O–H groups in total. The van der Waals surface area contributed by atoms with Gasteiger partial charge in [0, 0.05) is 12.2 Å². The van der Waals surface area contributed by atoms with E-state index in [0.29, 0.717) is 29.9 Å². The number of aryl methyl sites for hydroxylation is 2. The number of nitrogens with zero attached hydrogens (tertiary/aromatic N) is 2. The molecule has 1 aliphatic heterocycles. The van der Waals surface area contributed by atoms with Gasteiger partial charge in [-0.05, 0) is 40.0 Å². The first-order valence-electron chi connectivity index (χ1n) is 6.45. The number of aliphatic carboxylic acids is 1. The van der Waals surface area contributed by atoms with Gasteiger partial charge >= 0.3 is 5.97 Å². The normalized spacial score (nSPS) is 23.4. The van der Waals surface area contributed by atoms with E-state index in [1.54, 1.807) is 20.8 Å². The molecule has 0 aliphatic carbocycles. The van der Waals surface area contributed by atoms with Gasteiger partial charge in [-0.3, -0.25) is 9.89 Å². The van der Waals surface area contributed by atoms with Gasteiger partial charge in [-0.15, -0.1) is 0 Å². The third-order valence-corrected chi connectivity index (χ3v) is 3.94. The Kier molecular flexibility index (Phi) is 3.34. The second kappa shape index (κ2) is 4.68.